The molecule has 2 aromatic rings. The van der Waals surface area contributed by atoms with E-state index in [-0.39, 0.29) is 18.9 Å². The molecule has 0 amide bonds. The van der Waals surface area contributed by atoms with Crippen LogP contribution in [0.4, 0.5) is 27.6 Å². The number of anilines is 1. The van der Waals surface area contributed by atoms with Gasteiger partial charge < -0.3 is 10.1 Å². The molecule has 0 aliphatic rings. The van der Waals surface area contributed by atoms with Gasteiger partial charge in [0, 0.05) is 18.2 Å². The normalized spacial score (nSPS) is 10.9. The number of carbonyl (C=O) groups excluding carboxylic acids is 1. The van der Waals surface area contributed by atoms with Gasteiger partial charge in [0.15, 0.2) is 0 Å². The predicted octanol–water partition coefficient (Wildman–Crippen LogP) is 4.74. The number of carbonyl (C=O) groups is 1. The molecule has 0 saturated carbocycles. The van der Waals surface area contributed by atoms with Crippen molar-refractivity contribution in [2.45, 2.75) is 32.7 Å². The minimum atomic E-state index is -2.31. The molecular formula is C18H16F5NO2. The number of nitrogens with one attached hydrogen (secondary N) is 1. The SMILES string of the molecule is CC(C)Nc1ccc(CCC(=O)Oc2c(F)c(F)c(F)c(F)c2F)cc1. The van der Waals surface area contributed by atoms with Crippen molar-refractivity contribution >= 4 is 11.7 Å². The molecule has 0 spiro atoms. The van der Waals surface area contributed by atoms with Crippen LogP contribution >= 0.6 is 0 Å². The molecule has 0 unspecified atom stereocenters. The summed E-state index contributed by atoms with van der Waals surface area (Å²) in [7, 11) is 0. The Morgan fingerprint density at radius 2 is 1.42 bits per heavy atom. The molecule has 0 heterocycles. The summed E-state index contributed by atoms with van der Waals surface area (Å²) in [5, 5.41) is 3.18. The molecule has 3 nitrogen and oxygen atoms in total. The molecule has 0 bridgehead atoms. The van der Waals surface area contributed by atoms with Crippen LogP contribution in [0, 0.1) is 29.1 Å². The lowest BCUT2D eigenvalue weighted by Crippen LogP contribution is -2.14. The average Bonchev–Trinajstić information content (AvgIpc) is 2.61. The Morgan fingerprint density at radius 3 is 1.92 bits per heavy atom. The molecule has 140 valence electrons. The van der Waals surface area contributed by atoms with Crippen LogP contribution in [-0.2, 0) is 11.2 Å². The molecule has 0 aliphatic carbocycles. The molecule has 1 N–H and O–H groups in total. The fraction of sp³-hybridized carbons (Fsp3) is 0.278. The molecule has 0 aliphatic heterocycles. The van der Waals surface area contributed by atoms with E-state index in [0.29, 0.717) is 0 Å². The number of hydrogen-bond acceptors (Lipinski definition) is 3. The van der Waals surface area contributed by atoms with E-state index in [2.05, 4.69) is 10.1 Å². The fourth-order valence-corrected chi connectivity index (χ4v) is 2.19. The van der Waals surface area contributed by atoms with Crippen molar-refractivity contribution in [2.75, 3.05) is 5.32 Å². The quantitative estimate of drug-likeness (QED) is 0.261. The highest BCUT2D eigenvalue weighted by Gasteiger charge is 2.28. The van der Waals surface area contributed by atoms with E-state index in [4.69, 9.17) is 0 Å². The van der Waals surface area contributed by atoms with Crippen molar-refractivity contribution in [3.8, 4) is 5.75 Å². The average molecular weight is 373 g/mol. The van der Waals surface area contributed by atoms with E-state index in [0.717, 1.165) is 11.3 Å². The number of rotatable bonds is 6. The molecule has 2 rings (SSSR count). The van der Waals surface area contributed by atoms with Crippen LogP contribution in [-0.4, -0.2) is 12.0 Å². The Bertz CT molecular complexity index is 777. The van der Waals surface area contributed by atoms with Crippen LogP contribution in [0.15, 0.2) is 24.3 Å². The zero-order valence-corrected chi connectivity index (χ0v) is 14.0. The van der Waals surface area contributed by atoms with Crippen molar-refractivity contribution in [2.24, 2.45) is 0 Å². The van der Waals surface area contributed by atoms with Crippen molar-refractivity contribution < 1.29 is 31.5 Å². The lowest BCUT2D eigenvalue weighted by molar-refractivity contribution is -0.134. The first-order valence-corrected chi connectivity index (χ1v) is 7.78. The van der Waals surface area contributed by atoms with Gasteiger partial charge in [0.05, 0.1) is 0 Å². The highest BCUT2D eigenvalue weighted by atomic mass is 19.2. The van der Waals surface area contributed by atoms with Gasteiger partial charge in [0.1, 0.15) is 0 Å². The number of esters is 1. The lowest BCUT2D eigenvalue weighted by Gasteiger charge is -2.11. The van der Waals surface area contributed by atoms with Crippen LogP contribution in [0.1, 0.15) is 25.8 Å². The second kappa shape index (κ2) is 8.16. The number of hydrogen-bond donors (Lipinski definition) is 1. The molecule has 0 atom stereocenters. The van der Waals surface area contributed by atoms with Crippen molar-refractivity contribution in [3.05, 3.63) is 58.9 Å². The van der Waals surface area contributed by atoms with Gasteiger partial charge in [-0.15, -0.1) is 0 Å². The van der Waals surface area contributed by atoms with Gasteiger partial charge in [-0.3, -0.25) is 4.79 Å². The largest absolute Gasteiger partial charge is 0.420 e. The van der Waals surface area contributed by atoms with E-state index in [1.807, 2.05) is 13.8 Å². The third kappa shape index (κ3) is 4.50. The molecule has 8 heteroatoms. The third-order valence-corrected chi connectivity index (χ3v) is 3.41. The number of benzene rings is 2. The van der Waals surface area contributed by atoms with E-state index >= 15 is 0 Å². The molecule has 26 heavy (non-hydrogen) atoms. The first-order chi connectivity index (χ1) is 12.2. The molecular weight excluding hydrogens is 357 g/mol. The Balaban J connectivity index is 2.02. The summed E-state index contributed by atoms with van der Waals surface area (Å²) in [6, 6.07) is 7.33. The van der Waals surface area contributed by atoms with Crippen molar-refractivity contribution in [1.82, 2.24) is 0 Å². The summed E-state index contributed by atoms with van der Waals surface area (Å²) in [6.07, 6.45) is -0.118. The lowest BCUT2D eigenvalue weighted by atomic mass is 10.1. The van der Waals surface area contributed by atoms with Gasteiger partial charge in [-0.1, -0.05) is 12.1 Å². The summed E-state index contributed by atoms with van der Waals surface area (Å²) in [4.78, 5) is 11.7. The molecule has 0 fully saturated rings. The highest BCUT2D eigenvalue weighted by molar-refractivity contribution is 5.72. The van der Waals surface area contributed by atoms with Gasteiger partial charge in [0.2, 0.25) is 34.8 Å². The van der Waals surface area contributed by atoms with Crippen molar-refractivity contribution in [3.63, 3.8) is 0 Å². The molecule has 0 radical (unpaired) electrons. The fourth-order valence-electron chi connectivity index (χ4n) is 2.19. The van der Waals surface area contributed by atoms with Gasteiger partial charge in [-0.05, 0) is 38.0 Å². The van der Waals surface area contributed by atoms with Gasteiger partial charge in [-0.25, -0.2) is 13.2 Å². The summed E-state index contributed by atoms with van der Waals surface area (Å²) < 4.78 is 70.4. The summed E-state index contributed by atoms with van der Waals surface area (Å²) in [5.41, 5.74) is 1.63. The number of halogens is 5. The minimum absolute atomic E-state index is 0.177. The number of aryl methyl sites for hydroxylation is 1. The van der Waals surface area contributed by atoms with E-state index in [1.165, 1.54) is 0 Å². The van der Waals surface area contributed by atoms with Gasteiger partial charge in [0.25, 0.3) is 0 Å². The maximum absolute atomic E-state index is 13.5. The van der Waals surface area contributed by atoms with Crippen LogP contribution in [0.25, 0.3) is 0 Å². The van der Waals surface area contributed by atoms with Crippen LogP contribution < -0.4 is 10.1 Å². The molecule has 2 aromatic carbocycles. The maximum Gasteiger partial charge on any atom is 0.311 e. The predicted molar refractivity (Wildman–Crippen MR) is 85.4 cm³/mol. The second-order valence-electron chi connectivity index (χ2n) is 5.87. The topological polar surface area (TPSA) is 38.3 Å². The maximum atomic E-state index is 13.5. The van der Waals surface area contributed by atoms with Gasteiger partial charge in [-0.2, -0.15) is 8.78 Å². The Morgan fingerprint density at radius 1 is 0.923 bits per heavy atom. The Kier molecular flexibility index (Phi) is 6.18. The first-order valence-electron chi connectivity index (χ1n) is 7.78. The van der Waals surface area contributed by atoms with E-state index < -0.39 is 40.8 Å². The monoisotopic (exact) mass is 373 g/mol. The smallest absolute Gasteiger partial charge is 0.311 e. The van der Waals surface area contributed by atoms with Crippen LogP contribution in [0.2, 0.25) is 0 Å². The Hall–Kier alpha value is -2.64. The highest BCUT2D eigenvalue weighted by Crippen LogP contribution is 2.29. The molecule has 0 saturated heterocycles. The summed E-state index contributed by atoms with van der Waals surface area (Å²) in [6.45, 7) is 3.95. The van der Waals surface area contributed by atoms with Crippen LogP contribution in [0.3, 0.4) is 0 Å². The minimum Gasteiger partial charge on any atom is -0.420 e. The standard InChI is InChI=1S/C18H16F5NO2/c1-9(2)24-11-6-3-10(4-7-11)5-8-12(25)26-18-16(22)14(20)13(19)15(21)17(18)23/h3-4,6-7,9,24H,5,8H2,1-2H3. The van der Waals surface area contributed by atoms with Crippen molar-refractivity contribution in [1.29, 1.82) is 0 Å². The first kappa shape index (κ1) is 19.7. The second-order valence-corrected chi connectivity index (χ2v) is 5.87. The summed E-state index contributed by atoms with van der Waals surface area (Å²) >= 11 is 0. The van der Waals surface area contributed by atoms with Gasteiger partial charge >= 0.3 is 5.97 Å². The number of ether oxygens (including phenoxy) is 1. The van der Waals surface area contributed by atoms with Crippen LogP contribution in [0.5, 0.6) is 5.75 Å². The molecule has 0 aromatic heterocycles. The van der Waals surface area contributed by atoms with E-state index in [9.17, 15) is 26.7 Å². The third-order valence-electron chi connectivity index (χ3n) is 3.41. The zero-order chi connectivity index (χ0) is 19.4. The zero-order valence-electron chi connectivity index (χ0n) is 14.0. The summed E-state index contributed by atoms with van der Waals surface area (Å²) in [5.74, 6) is -13.7. The Labute approximate surface area is 146 Å². The van der Waals surface area contributed by atoms with E-state index in [1.54, 1.807) is 24.3 Å².